The van der Waals surface area contributed by atoms with Crippen LogP contribution in [0.3, 0.4) is 0 Å². The first kappa shape index (κ1) is 15.0. The van der Waals surface area contributed by atoms with Gasteiger partial charge in [-0.25, -0.2) is 0 Å². The molecule has 4 heteroatoms. The Hall–Kier alpha value is -1.42. The highest BCUT2D eigenvalue weighted by atomic mass is 32.2. The molecule has 1 aromatic carbocycles. The summed E-state index contributed by atoms with van der Waals surface area (Å²) in [5.41, 5.74) is 4.23. The van der Waals surface area contributed by atoms with E-state index in [9.17, 15) is 4.79 Å². The molecular weight excluding hydrogens is 268 g/mol. The molecule has 2 aromatic rings. The topological polar surface area (TPSA) is 36.1 Å². The summed E-state index contributed by atoms with van der Waals surface area (Å²) < 4.78 is 0. The number of benzene rings is 1. The number of aryl methyl sites for hydroxylation is 2. The number of amides is 1. The van der Waals surface area contributed by atoms with Crippen molar-refractivity contribution in [1.82, 2.24) is 9.88 Å². The number of nitrogens with zero attached hydrogens (tertiary/aromatic N) is 1. The fraction of sp³-hybridized carbons (Fsp3) is 0.438. The van der Waals surface area contributed by atoms with Crippen molar-refractivity contribution in [3.63, 3.8) is 0 Å². The number of rotatable bonds is 4. The molecule has 20 heavy (non-hydrogen) atoms. The Morgan fingerprint density at radius 2 is 2.10 bits per heavy atom. The van der Waals surface area contributed by atoms with Crippen LogP contribution in [0.5, 0.6) is 0 Å². The van der Waals surface area contributed by atoms with E-state index in [1.807, 2.05) is 30.1 Å². The monoisotopic (exact) mass is 290 g/mol. The summed E-state index contributed by atoms with van der Waals surface area (Å²) in [7, 11) is 1.88. The Morgan fingerprint density at radius 3 is 2.75 bits per heavy atom. The molecule has 108 valence electrons. The van der Waals surface area contributed by atoms with Gasteiger partial charge in [-0.05, 0) is 50.8 Å². The molecule has 1 aromatic heterocycles. The summed E-state index contributed by atoms with van der Waals surface area (Å²) in [4.78, 5) is 17.7. The van der Waals surface area contributed by atoms with E-state index in [4.69, 9.17) is 0 Å². The van der Waals surface area contributed by atoms with Gasteiger partial charge in [-0.2, -0.15) is 11.8 Å². The molecule has 0 saturated carbocycles. The zero-order chi connectivity index (χ0) is 14.9. The minimum absolute atomic E-state index is 0.0895. The van der Waals surface area contributed by atoms with Crippen LogP contribution in [0.25, 0.3) is 10.9 Å². The average Bonchev–Trinajstić information content (AvgIpc) is 2.72. The van der Waals surface area contributed by atoms with Crippen LogP contribution in [0.1, 0.15) is 28.5 Å². The van der Waals surface area contributed by atoms with Gasteiger partial charge in [0, 0.05) is 41.0 Å². The first-order valence-corrected chi connectivity index (χ1v) is 8.20. The quantitative estimate of drug-likeness (QED) is 0.934. The van der Waals surface area contributed by atoms with Gasteiger partial charge in [0.05, 0.1) is 0 Å². The lowest BCUT2D eigenvalue weighted by Crippen LogP contribution is -2.36. The van der Waals surface area contributed by atoms with E-state index in [1.165, 1.54) is 5.56 Å². The summed E-state index contributed by atoms with van der Waals surface area (Å²) in [6.07, 6.45) is 2.06. The Labute approximate surface area is 124 Å². The van der Waals surface area contributed by atoms with Crippen LogP contribution in [0.4, 0.5) is 0 Å². The van der Waals surface area contributed by atoms with Crippen molar-refractivity contribution in [2.75, 3.05) is 19.1 Å². The molecule has 1 amide bonds. The molecular formula is C16H22N2OS. The highest BCUT2D eigenvalue weighted by molar-refractivity contribution is 7.98. The van der Waals surface area contributed by atoms with Crippen LogP contribution < -0.4 is 0 Å². The Morgan fingerprint density at radius 1 is 1.40 bits per heavy atom. The molecule has 0 aliphatic heterocycles. The van der Waals surface area contributed by atoms with Gasteiger partial charge in [-0.3, -0.25) is 4.79 Å². The van der Waals surface area contributed by atoms with Crippen LogP contribution >= 0.6 is 11.8 Å². The van der Waals surface area contributed by atoms with E-state index in [0.717, 1.165) is 27.9 Å². The maximum Gasteiger partial charge on any atom is 0.253 e. The number of thioether (sulfide) groups is 1. The van der Waals surface area contributed by atoms with Gasteiger partial charge in [0.25, 0.3) is 5.91 Å². The fourth-order valence-corrected chi connectivity index (χ4v) is 3.06. The van der Waals surface area contributed by atoms with E-state index in [0.29, 0.717) is 0 Å². The third-order valence-electron chi connectivity index (χ3n) is 3.94. The van der Waals surface area contributed by atoms with Crippen LogP contribution in [-0.4, -0.2) is 40.9 Å². The standard InChI is InChI=1S/C16H22N2OS/c1-10(9-20-5)18(4)16(19)13-6-7-15-14(8-13)11(2)12(3)17-15/h6-8,10,17H,9H2,1-5H3. The van der Waals surface area contributed by atoms with Gasteiger partial charge < -0.3 is 9.88 Å². The summed E-state index contributed by atoms with van der Waals surface area (Å²) in [5, 5.41) is 1.14. The van der Waals surface area contributed by atoms with Crippen molar-refractivity contribution in [2.24, 2.45) is 0 Å². The molecule has 1 N–H and O–H groups in total. The number of carbonyl (C=O) groups is 1. The van der Waals surface area contributed by atoms with E-state index < -0.39 is 0 Å². The molecule has 2 rings (SSSR count). The predicted octanol–water partition coefficient (Wildman–Crippen LogP) is 3.61. The first-order chi connectivity index (χ1) is 9.45. The summed E-state index contributed by atoms with van der Waals surface area (Å²) >= 11 is 1.76. The van der Waals surface area contributed by atoms with Crippen LogP contribution in [0.2, 0.25) is 0 Å². The first-order valence-electron chi connectivity index (χ1n) is 6.80. The van der Waals surface area contributed by atoms with Crippen LogP contribution in [-0.2, 0) is 0 Å². The third-order valence-corrected chi connectivity index (χ3v) is 4.76. The molecule has 0 aliphatic carbocycles. The second-order valence-corrected chi connectivity index (χ2v) is 6.27. The fourth-order valence-electron chi connectivity index (χ4n) is 2.35. The number of aromatic nitrogens is 1. The minimum atomic E-state index is 0.0895. The third kappa shape index (κ3) is 2.70. The maximum atomic E-state index is 12.5. The van der Waals surface area contributed by atoms with Gasteiger partial charge in [0.15, 0.2) is 0 Å². The Kier molecular flexibility index (Phi) is 4.43. The molecule has 0 fully saturated rings. The molecule has 0 bridgehead atoms. The summed E-state index contributed by atoms with van der Waals surface area (Å²) in [6, 6.07) is 6.14. The van der Waals surface area contributed by atoms with Crippen molar-refractivity contribution in [1.29, 1.82) is 0 Å². The molecule has 3 nitrogen and oxygen atoms in total. The Balaban J connectivity index is 2.33. The van der Waals surface area contributed by atoms with E-state index >= 15 is 0 Å². The lowest BCUT2D eigenvalue weighted by Gasteiger charge is -2.24. The van der Waals surface area contributed by atoms with Gasteiger partial charge in [0.1, 0.15) is 0 Å². The molecule has 0 saturated heterocycles. The number of nitrogens with one attached hydrogen (secondary N) is 1. The van der Waals surface area contributed by atoms with Crippen molar-refractivity contribution in [3.05, 3.63) is 35.0 Å². The van der Waals surface area contributed by atoms with Crippen molar-refractivity contribution in [2.45, 2.75) is 26.8 Å². The largest absolute Gasteiger partial charge is 0.358 e. The zero-order valence-corrected chi connectivity index (χ0v) is 13.6. The maximum absolute atomic E-state index is 12.5. The molecule has 0 spiro atoms. The van der Waals surface area contributed by atoms with E-state index in [-0.39, 0.29) is 11.9 Å². The van der Waals surface area contributed by atoms with Gasteiger partial charge in [-0.1, -0.05) is 0 Å². The van der Waals surface area contributed by atoms with Crippen molar-refractivity contribution < 1.29 is 4.79 Å². The number of aromatic amines is 1. The molecule has 0 aliphatic rings. The predicted molar refractivity (Wildman–Crippen MR) is 87.7 cm³/mol. The number of carbonyl (C=O) groups excluding carboxylic acids is 1. The molecule has 1 unspecified atom stereocenters. The zero-order valence-electron chi connectivity index (χ0n) is 12.8. The average molecular weight is 290 g/mol. The molecule has 1 atom stereocenters. The number of H-pyrrole nitrogens is 1. The highest BCUT2D eigenvalue weighted by Crippen LogP contribution is 2.23. The number of fused-ring (bicyclic) bond motifs is 1. The lowest BCUT2D eigenvalue weighted by molar-refractivity contribution is 0.0757. The Bertz CT molecular complexity index is 633. The van der Waals surface area contributed by atoms with Gasteiger partial charge in [0.2, 0.25) is 0 Å². The van der Waals surface area contributed by atoms with Gasteiger partial charge in [-0.15, -0.1) is 0 Å². The molecule has 1 heterocycles. The van der Waals surface area contributed by atoms with Crippen LogP contribution in [0, 0.1) is 13.8 Å². The normalized spacial score (nSPS) is 12.7. The summed E-state index contributed by atoms with van der Waals surface area (Å²) in [5.74, 6) is 1.04. The van der Waals surface area contributed by atoms with Crippen molar-refractivity contribution >= 4 is 28.6 Å². The van der Waals surface area contributed by atoms with Crippen LogP contribution in [0.15, 0.2) is 18.2 Å². The van der Waals surface area contributed by atoms with Crippen molar-refractivity contribution in [3.8, 4) is 0 Å². The molecule has 0 radical (unpaired) electrons. The summed E-state index contributed by atoms with van der Waals surface area (Å²) in [6.45, 7) is 6.23. The number of hydrogen-bond acceptors (Lipinski definition) is 2. The second-order valence-electron chi connectivity index (χ2n) is 5.36. The van der Waals surface area contributed by atoms with Gasteiger partial charge >= 0.3 is 0 Å². The lowest BCUT2D eigenvalue weighted by atomic mass is 10.1. The SMILES string of the molecule is CSCC(C)N(C)C(=O)c1ccc2[nH]c(C)c(C)c2c1. The number of hydrogen-bond donors (Lipinski definition) is 1. The second kappa shape index (κ2) is 5.92. The highest BCUT2D eigenvalue weighted by Gasteiger charge is 2.18. The van der Waals surface area contributed by atoms with E-state index in [1.54, 1.807) is 11.8 Å². The smallest absolute Gasteiger partial charge is 0.253 e. The minimum Gasteiger partial charge on any atom is -0.358 e. The van der Waals surface area contributed by atoms with E-state index in [2.05, 4.69) is 32.0 Å².